The number of ether oxygens (including phenoxy) is 1. The zero-order valence-corrected chi connectivity index (χ0v) is 10.2. The van der Waals surface area contributed by atoms with Crippen molar-refractivity contribution in [3.63, 3.8) is 0 Å². The molecule has 1 atom stereocenters. The number of pyridine rings is 1. The summed E-state index contributed by atoms with van der Waals surface area (Å²) < 4.78 is 5.27. The van der Waals surface area contributed by atoms with E-state index in [-0.39, 0.29) is 0 Å². The smallest absolute Gasteiger partial charge is 0.103 e. The topological polar surface area (TPSA) is 42.4 Å². The fraction of sp³-hybridized carbons (Fsp3) is 0.357. The highest BCUT2D eigenvalue weighted by atomic mass is 16.5. The summed E-state index contributed by atoms with van der Waals surface area (Å²) in [5.41, 5.74) is 2.72. The van der Waals surface area contributed by atoms with Crippen molar-refractivity contribution < 1.29 is 9.84 Å². The van der Waals surface area contributed by atoms with Crippen molar-refractivity contribution in [3.05, 3.63) is 41.6 Å². The number of para-hydroxylation sites is 1. The van der Waals surface area contributed by atoms with Crippen LogP contribution in [-0.2, 0) is 4.74 Å². The third kappa shape index (κ3) is 2.62. The number of aromatic nitrogens is 1. The van der Waals surface area contributed by atoms with Gasteiger partial charge in [-0.15, -0.1) is 0 Å². The van der Waals surface area contributed by atoms with Gasteiger partial charge in [-0.2, -0.15) is 0 Å². The Morgan fingerprint density at radius 2 is 2.12 bits per heavy atom. The van der Waals surface area contributed by atoms with Crippen LogP contribution in [0.4, 0.5) is 0 Å². The summed E-state index contributed by atoms with van der Waals surface area (Å²) in [6.07, 6.45) is -0.596. The fourth-order valence-corrected chi connectivity index (χ4v) is 1.94. The lowest BCUT2D eigenvalue weighted by atomic mass is 10.0. The van der Waals surface area contributed by atoms with Gasteiger partial charge >= 0.3 is 0 Å². The highest BCUT2D eigenvalue weighted by Gasteiger charge is 2.12. The normalized spacial score (nSPS) is 12.9. The first-order valence-electron chi connectivity index (χ1n) is 5.84. The maximum Gasteiger partial charge on any atom is 0.103 e. The minimum Gasteiger partial charge on any atom is -0.386 e. The number of hydrogen-bond acceptors (Lipinski definition) is 3. The van der Waals surface area contributed by atoms with E-state index in [4.69, 9.17) is 4.74 Å². The predicted octanol–water partition coefficient (Wildman–Crippen LogP) is 2.61. The van der Waals surface area contributed by atoms with Crippen LogP contribution in [0.15, 0.2) is 30.3 Å². The average Bonchev–Trinajstić information content (AvgIpc) is 2.34. The van der Waals surface area contributed by atoms with E-state index in [1.807, 2.05) is 44.2 Å². The summed E-state index contributed by atoms with van der Waals surface area (Å²) in [5, 5.41) is 11.1. The Labute approximate surface area is 101 Å². The minimum absolute atomic E-state index is 0.323. The van der Waals surface area contributed by atoms with E-state index < -0.39 is 6.10 Å². The molecule has 1 N–H and O–H groups in total. The second-order valence-electron chi connectivity index (χ2n) is 4.05. The first-order valence-corrected chi connectivity index (χ1v) is 5.84. The second-order valence-corrected chi connectivity index (χ2v) is 4.05. The largest absolute Gasteiger partial charge is 0.386 e. The Morgan fingerprint density at radius 1 is 1.35 bits per heavy atom. The molecule has 2 rings (SSSR count). The monoisotopic (exact) mass is 231 g/mol. The molecule has 3 nitrogen and oxygen atoms in total. The molecule has 1 unspecified atom stereocenters. The Morgan fingerprint density at radius 3 is 2.88 bits per heavy atom. The molecule has 0 bridgehead atoms. The molecule has 0 aliphatic carbocycles. The van der Waals surface area contributed by atoms with E-state index >= 15 is 0 Å². The summed E-state index contributed by atoms with van der Waals surface area (Å²) in [4.78, 5) is 4.45. The number of aryl methyl sites for hydroxylation is 1. The van der Waals surface area contributed by atoms with E-state index in [0.717, 1.165) is 22.2 Å². The van der Waals surface area contributed by atoms with Gasteiger partial charge in [-0.05, 0) is 31.5 Å². The Kier molecular flexibility index (Phi) is 3.71. The minimum atomic E-state index is -0.596. The van der Waals surface area contributed by atoms with Gasteiger partial charge in [0.2, 0.25) is 0 Å². The van der Waals surface area contributed by atoms with Crippen LogP contribution in [0.2, 0.25) is 0 Å². The van der Waals surface area contributed by atoms with E-state index in [1.54, 1.807) is 0 Å². The van der Waals surface area contributed by atoms with Crippen LogP contribution in [0.5, 0.6) is 0 Å². The Hall–Kier alpha value is -1.45. The van der Waals surface area contributed by atoms with Crippen LogP contribution in [0.1, 0.15) is 24.3 Å². The standard InChI is InChI=1S/C14H17NO2/c1-3-17-9-14(16)12-8-10(2)15-13-7-5-4-6-11(12)13/h4-8,14,16H,3,9H2,1-2H3. The van der Waals surface area contributed by atoms with Crippen LogP contribution in [0.3, 0.4) is 0 Å². The van der Waals surface area contributed by atoms with Gasteiger partial charge in [-0.1, -0.05) is 18.2 Å². The van der Waals surface area contributed by atoms with Crippen molar-refractivity contribution in [2.75, 3.05) is 13.2 Å². The van der Waals surface area contributed by atoms with E-state index in [9.17, 15) is 5.11 Å². The first-order chi connectivity index (χ1) is 8.22. The molecule has 3 heteroatoms. The molecule has 1 aromatic heterocycles. The van der Waals surface area contributed by atoms with Gasteiger partial charge in [0.15, 0.2) is 0 Å². The highest BCUT2D eigenvalue weighted by molar-refractivity contribution is 5.82. The zero-order chi connectivity index (χ0) is 12.3. The van der Waals surface area contributed by atoms with Gasteiger partial charge in [-0.25, -0.2) is 0 Å². The van der Waals surface area contributed by atoms with Gasteiger partial charge in [0, 0.05) is 17.7 Å². The van der Waals surface area contributed by atoms with Gasteiger partial charge in [0.1, 0.15) is 6.10 Å². The SMILES string of the molecule is CCOCC(O)c1cc(C)nc2ccccc12. The van der Waals surface area contributed by atoms with Crippen molar-refractivity contribution in [2.45, 2.75) is 20.0 Å². The molecular formula is C14H17NO2. The summed E-state index contributed by atoms with van der Waals surface area (Å²) >= 11 is 0. The van der Waals surface area contributed by atoms with E-state index in [0.29, 0.717) is 13.2 Å². The molecule has 0 spiro atoms. The van der Waals surface area contributed by atoms with Crippen LogP contribution in [0, 0.1) is 6.92 Å². The molecule has 1 heterocycles. The number of aliphatic hydroxyl groups is 1. The van der Waals surface area contributed by atoms with Crippen molar-refractivity contribution in [1.82, 2.24) is 4.98 Å². The van der Waals surface area contributed by atoms with Gasteiger partial charge < -0.3 is 9.84 Å². The Bertz CT molecular complexity index is 511. The van der Waals surface area contributed by atoms with Crippen LogP contribution in [0.25, 0.3) is 10.9 Å². The van der Waals surface area contributed by atoms with Crippen molar-refractivity contribution >= 4 is 10.9 Å². The second kappa shape index (κ2) is 5.25. The van der Waals surface area contributed by atoms with Gasteiger partial charge in [0.05, 0.1) is 12.1 Å². The fourth-order valence-electron chi connectivity index (χ4n) is 1.94. The maximum absolute atomic E-state index is 10.1. The summed E-state index contributed by atoms with van der Waals surface area (Å²) in [6, 6.07) is 9.77. The number of hydrogen-bond donors (Lipinski definition) is 1. The number of aliphatic hydroxyl groups excluding tert-OH is 1. The quantitative estimate of drug-likeness (QED) is 0.879. The average molecular weight is 231 g/mol. The summed E-state index contributed by atoms with van der Waals surface area (Å²) in [5.74, 6) is 0. The van der Waals surface area contributed by atoms with Crippen molar-refractivity contribution in [3.8, 4) is 0 Å². The van der Waals surface area contributed by atoms with Gasteiger partial charge in [0.25, 0.3) is 0 Å². The lowest BCUT2D eigenvalue weighted by Crippen LogP contribution is -2.08. The summed E-state index contributed by atoms with van der Waals surface area (Å²) in [7, 11) is 0. The molecule has 0 amide bonds. The maximum atomic E-state index is 10.1. The zero-order valence-electron chi connectivity index (χ0n) is 10.2. The molecule has 2 aromatic rings. The van der Waals surface area contributed by atoms with E-state index in [1.165, 1.54) is 0 Å². The summed E-state index contributed by atoms with van der Waals surface area (Å²) in [6.45, 7) is 4.79. The molecule has 17 heavy (non-hydrogen) atoms. The molecular weight excluding hydrogens is 214 g/mol. The number of fused-ring (bicyclic) bond motifs is 1. The molecule has 0 saturated carbocycles. The van der Waals surface area contributed by atoms with Crippen molar-refractivity contribution in [1.29, 1.82) is 0 Å². The number of nitrogens with zero attached hydrogens (tertiary/aromatic N) is 1. The lowest BCUT2D eigenvalue weighted by Gasteiger charge is -2.14. The van der Waals surface area contributed by atoms with Crippen LogP contribution < -0.4 is 0 Å². The molecule has 0 aliphatic heterocycles. The molecule has 0 fully saturated rings. The lowest BCUT2D eigenvalue weighted by molar-refractivity contribution is 0.0427. The third-order valence-corrected chi connectivity index (χ3v) is 2.72. The molecule has 0 saturated heterocycles. The number of rotatable bonds is 4. The van der Waals surface area contributed by atoms with Crippen LogP contribution >= 0.6 is 0 Å². The molecule has 90 valence electrons. The van der Waals surface area contributed by atoms with E-state index in [2.05, 4.69) is 4.98 Å². The van der Waals surface area contributed by atoms with Crippen molar-refractivity contribution in [2.24, 2.45) is 0 Å². The third-order valence-electron chi connectivity index (χ3n) is 2.72. The Balaban J connectivity index is 2.44. The predicted molar refractivity (Wildman–Crippen MR) is 67.9 cm³/mol. The molecule has 1 aromatic carbocycles. The highest BCUT2D eigenvalue weighted by Crippen LogP contribution is 2.24. The molecule has 0 radical (unpaired) electrons. The number of benzene rings is 1. The molecule has 0 aliphatic rings. The first kappa shape index (κ1) is 12.0. The van der Waals surface area contributed by atoms with Gasteiger partial charge in [-0.3, -0.25) is 4.98 Å². The van der Waals surface area contributed by atoms with Crippen LogP contribution in [-0.4, -0.2) is 23.3 Å².